The zero-order valence-electron chi connectivity index (χ0n) is 9.98. The molecule has 0 unspecified atom stereocenters. The van der Waals surface area contributed by atoms with Gasteiger partial charge in [-0.05, 0) is 30.0 Å². The van der Waals surface area contributed by atoms with Crippen LogP contribution in [0.4, 0.5) is 0 Å². The van der Waals surface area contributed by atoms with Crippen molar-refractivity contribution < 1.29 is 10.0 Å². The van der Waals surface area contributed by atoms with Gasteiger partial charge < -0.3 is 10.0 Å². The van der Waals surface area contributed by atoms with E-state index < -0.39 is 7.12 Å². The second-order valence-corrected chi connectivity index (χ2v) is 3.49. The average molecular weight is 218 g/mol. The van der Waals surface area contributed by atoms with E-state index in [1.165, 1.54) is 0 Å². The molecule has 0 saturated heterocycles. The molecule has 86 valence electrons. The van der Waals surface area contributed by atoms with E-state index in [1.807, 2.05) is 19.1 Å². The van der Waals surface area contributed by atoms with E-state index in [-0.39, 0.29) is 5.47 Å². The molecular weight excluding hydrogens is 199 g/mol. The van der Waals surface area contributed by atoms with E-state index in [0.717, 1.165) is 17.6 Å². The van der Waals surface area contributed by atoms with Gasteiger partial charge in [0.05, 0.1) is 0 Å². The molecule has 0 heterocycles. The van der Waals surface area contributed by atoms with Crippen molar-refractivity contribution in [2.45, 2.75) is 20.3 Å². The van der Waals surface area contributed by atoms with Gasteiger partial charge in [0.25, 0.3) is 0 Å². The van der Waals surface area contributed by atoms with Crippen LogP contribution < -0.4 is 0 Å². The van der Waals surface area contributed by atoms with Crippen LogP contribution in [-0.2, 0) is 0 Å². The third-order valence-corrected chi connectivity index (χ3v) is 2.05. The van der Waals surface area contributed by atoms with Crippen LogP contribution in [0.25, 0.3) is 0 Å². The molecule has 0 aliphatic carbocycles. The fourth-order valence-corrected chi connectivity index (χ4v) is 0.881. The zero-order valence-corrected chi connectivity index (χ0v) is 9.98. The molecule has 0 aromatic carbocycles. The predicted octanol–water partition coefficient (Wildman–Crippen LogP) is 2.58. The molecule has 2 nitrogen and oxygen atoms in total. The van der Waals surface area contributed by atoms with Gasteiger partial charge in [-0.15, -0.1) is 0 Å². The molecule has 0 aromatic heterocycles. The second kappa shape index (κ2) is 7.91. The van der Waals surface area contributed by atoms with E-state index in [1.54, 1.807) is 12.2 Å². The van der Waals surface area contributed by atoms with E-state index in [0.29, 0.717) is 0 Å². The molecular formula is C13H19BO2. The van der Waals surface area contributed by atoms with Gasteiger partial charge in [0.1, 0.15) is 0 Å². The lowest BCUT2D eigenvalue weighted by Gasteiger charge is -2.00. The van der Waals surface area contributed by atoms with E-state index in [2.05, 4.69) is 26.2 Å². The van der Waals surface area contributed by atoms with Crippen molar-refractivity contribution in [3.8, 4) is 0 Å². The number of hydrogen-bond acceptors (Lipinski definition) is 2. The minimum atomic E-state index is -1.51. The lowest BCUT2D eigenvalue weighted by molar-refractivity contribution is 0.421. The molecule has 0 aliphatic heterocycles. The molecule has 0 aliphatic rings. The van der Waals surface area contributed by atoms with E-state index >= 15 is 0 Å². The summed E-state index contributed by atoms with van der Waals surface area (Å²) in [6, 6.07) is 0. The lowest BCUT2D eigenvalue weighted by Crippen LogP contribution is -2.12. The van der Waals surface area contributed by atoms with Crippen molar-refractivity contribution in [2.75, 3.05) is 0 Å². The summed E-state index contributed by atoms with van der Waals surface area (Å²) >= 11 is 0. The Labute approximate surface area is 98.2 Å². The van der Waals surface area contributed by atoms with Crippen LogP contribution in [0.3, 0.4) is 0 Å². The summed E-state index contributed by atoms with van der Waals surface area (Å²) in [4.78, 5) is 0. The van der Waals surface area contributed by atoms with Gasteiger partial charge >= 0.3 is 7.12 Å². The highest BCUT2D eigenvalue weighted by Gasteiger charge is 2.07. The largest absolute Gasteiger partial charge is 0.487 e. The monoisotopic (exact) mass is 218 g/mol. The average Bonchev–Trinajstić information content (AvgIpc) is 2.25. The normalized spacial score (nSPS) is 12.4. The minimum Gasteiger partial charge on any atom is -0.423 e. The van der Waals surface area contributed by atoms with Crippen molar-refractivity contribution in [2.24, 2.45) is 0 Å². The standard InChI is InChI=1S/C13H19BO2/c1-5-6-7-8-11(2)12(3)9-10-13(4)14(15)16/h6-10,15-16H,3-5H2,1-2H3/b7-6-,10-9-,11-8+. The first kappa shape index (κ1) is 14.7. The van der Waals surface area contributed by atoms with E-state index in [9.17, 15) is 0 Å². The van der Waals surface area contributed by atoms with E-state index in [4.69, 9.17) is 10.0 Å². The Hall–Kier alpha value is -1.32. The highest BCUT2D eigenvalue weighted by atomic mass is 16.4. The van der Waals surface area contributed by atoms with Crippen LogP contribution in [0.1, 0.15) is 20.3 Å². The first-order valence-corrected chi connectivity index (χ1v) is 5.24. The first-order chi connectivity index (χ1) is 7.49. The van der Waals surface area contributed by atoms with Gasteiger partial charge in [-0.25, -0.2) is 0 Å². The fraction of sp³-hybridized carbons (Fsp3) is 0.231. The van der Waals surface area contributed by atoms with Crippen molar-refractivity contribution >= 4 is 7.12 Å². The molecule has 0 rings (SSSR count). The maximum atomic E-state index is 8.80. The third-order valence-electron chi connectivity index (χ3n) is 2.05. The zero-order chi connectivity index (χ0) is 12.6. The minimum absolute atomic E-state index is 0.248. The lowest BCUT2D eigenvalue weighted by atomic mass is 9.80. The van der Waals surface area contributed by atoms with Crippen LogP contribution in [0.2, 0.25) is 0 Å². The van der Waals surface area contributed by atoms with Gasteiger partial charge in [0.15, 0.2) is 0 Å². The number of rotatable bonds is 6. The maximum absolute atomic E-state index is 8.80. The summed E-state index contributed by atoms with van der Waals surface area (Å²) < 4.78 is 0. The van der Waals surface area contributed by atoms with Crippen molar-refractivity contribution in [3.05, 3.63) is 60.2 Å². The Kier molecular flexibility index (Phi) is 7.26. The molecule has 0 fully saturated rings. The van der Waals surface area contributed by atoms with Crippen LogP contribution >= 0.6 is 0 Å². The Morgan fingerprint density at radius 3 is 2.38 bits per heavy atom. The smallest absolute Gasteiger partial charge is 0.423 e. The van der Waals surface area contributed by atoms with Gasteiger partial charge in [-0.3, -0.25) is 0 Å². The molecule has 0 saturated carbocycles. The molecule has 0 amide bonds. The van der Waals surface area contributed by atoms with Gasteiger partial charge in [-0.2, -0.15) is 0 Å². The summed E-state index contributed by atoms with van der Waals surface area (Å²) in [5.74, 6) is 0. The van der Waals surface area contributed by atoms with Crippen molar-refractivity contribution in [1.29, 1.82) is 0 Å². The summed E-state index contributed by atoms with van der Waals surface area (Å²) in [7, 11) is -1.51. The molecule has 0 atom stereocenters. The Bertz CT molecular complexity index is 336. The first-order valence-electron chi connectivity index (χ1n) is 5.24. The van der Waals surface area contributed by atoms with Crippen LogP contribution in [0, 0.1) is 0 Å². The summed E-state index contributed by atoms with van der Waals surface area (Å²) in [5, 5.41) is 17.6. The molecule has 0 radical (unpaired) electrons. The Morgan fingerprint density at radius 1 is 1.25 bits per heavy atom. The van der Waals surface area contributed by atoms with Crippen molar-refractivity contribution in [1.82, 2.24) is 0 Å². The SMILES string of the molecule is C=C(/C=C\C(=C)/C(C)=C/C=C\CC)B(O)O. The Balaban J connectivity index is 4.41. The highest BCUT2D eigenvalue weighted by molar-refractivity contribution is 6.51. The Morgan fingerprint density at radius 2 is 1.88 bits per heavy atom. The van der Waals surface area contributed by atoms with Gasteiger partial charge in [0, 0.05) is 0 Å². The summed E-state index contributed by atoms with van der Waals surface area (Å²) in [5.41, 5.74) is 2.10. The topological polar surface area (TPSA) is 40.5 Å². The number of allylic oxidation sites excluding steroid dienone is 8. The highest BCUT2D eigenvalue weighted by Crippen LogP contribution is 2.10. The molecule has 0 bridgehead atoms. The van der Waals surface area contributed by atoms with Gasteiger partial charge in [0.2, 0.25) is 0 Å². The third kappa shape index (κ3) is 6.22. The van der Waals surface area contributed by atoms with Crippen LogP contribution in [0.15, 0.2) is 60.2 Å². The quantitative estimate of drug-likeness (QED) is 0.531. The predicted molar refractivity (Wildman–Crippen MR) is 70.8 cm³/mol. The van der Waals surface area contributed by atoms with Crippen LogP contribution in [-0.4, -0.2) is 17.2 Å². The second-order valence-electron chi connectivity index (χ2n) is 3.49. The van der Waals surface area contributed by atoms with Crippen LogP contribution in [0.5, 0.6) is 0 Å². The molecule has 16 heavy (non-hydrogen) atoms. The number of hydrogen-bond donors (Lipinski definition) is 2. The van der Waals surface area contributed by atoms with Gasteiger partial charge in [-0.1, -0.05) is 50.5 Å². The molecule has 3 heteroatoms. The molecule has 0 spiro atoms. The molecule has 2 N–H and O–H groups in total. The van der Waals surface area contributed by atoms with Crippen molar-refractivity contribution in [3.63, 3.8) is 0 Å². The summed E-state index contributed by atoms with van der Waals surface area (Å²) in [6.07, 6.45) is 10.3. The fourth-order valence-electron chi connectivity index (χ4n) is 0.881. The maximum Gasteiger partial charge on any atom is 0.487 e. The molecule has 0 aromatic rings. The summed E-state index contributed by atoms with van der Waals surface area (Å²) in [6.45, 7) is 11.4.